The van der Waals surface area contributed by atoms with Gasteiger partial charge in [0, 0.05) is 0 Å². The van der Waals surface area contributed by atoms with Crippen LogP contribution in [0.25, 0.3) is 0 Å². The zero-order chi connectivity index (χ0) is 13.5. The highest BCUT2D eigenvalue weighted by Gasteiger charge is 2.10. The van der Waals surface area contributed by atoms with E-state index < -0.39 is 0 Å². The monoisotopic (exact) mass is 255 g/mol. The summed E-state index contributed by atoms with van der Waals surface area (Å²) in [7, 11) is 0.950. The van der Waals surface area contributed by atoms with Crippen LogP contribution in [0.2, 0.25) is 5.82 Å². The van der Waals surface area contributed by atoms with E-state index in [1.807, 2.05) is 0 Å². The summed E-state index contributed by atoms with van der Waals surface area (Å²) in [5.41, 5.74) is 0. The number of hydrogen-bond donors (Lipinski definition) is 0. The van der Waals surface area contributed by atoms with Gasteiger partial charge in [0.15, 0.2) is 0 Å². The summed E-state index contributed by atoms with van der Waals surface area (Å²) in [6.07, 6.45) is 16.4. The van der Waals surface area contributed by atoms with E-state index in [1.54, 1.807) is 0 Å². The summed E-state index contributed by atoms with van der Waals surface area (Å²) in [5, 5.41) is 0. The molecule has 0 aliphatic carbocycles. The van der Waals surface area contributed by atoms with Crippen LogP contribution in [0.4, 0.5) is 4.32 Å². The SMILES string of the molecule is CCCCCCCCC([B]F)CCCCCCC. The van der Waals surface area contributed by atoms with Gasteiger partial charge in [-0.3, -0.25) is 0 Å². The maximum Gasteiger partial charge on any atom is 0.357 e. The Morgan fingerprint density at radius 3 is 1.44 bits per heavy atom. The second kappa shape index (κ2) is 15.1. The molecule has 1 atom stereocenters. The lowest BCUT2D eigenvalue weighted by atomic mass is 9.75. The molecule has 0 aromatic rings. The summed E-state index contributed by atoms with van der Waals surface area (Å²) in [6.45, 7) is 4.48. The molecule has 0 spiro atoms. The van der Waals surface area contributed by atoms with Crippen LogP contribution < -0.4 is 0 Å². The van der Waals surface area contributed by atoms with E-state index in [4.69, 9.17) is 0 Å². The Hall–Kier alpha value is -0.00506. The fourth-order valence-electron chi connectivity index (χ4n) is 2.47. The lowest BCUT2D eigenvalue weighted by Gasteiger charge is -2.11. The average Bonchev–Trinajstić information content (AvgIpc) is 2.40. The Balaban J connectivity index is 3.29. The Kier molecular flexibility index (Phi) is 15.0. The molecule has 0 amide bonds. The molecule has 0 aromatic heterocycles. The highest BCUT2D eigenvalue weighted by molar-refractivity contribution is 6.28. The smallest absolute Gasteiger partial charge is 0.342 e. The summed E-state index contributed by atoms with van der Waals surface area (Å²) < 4.78 is 12.7. The van der Waals surface area contributed by atoms with Gasteiger partial charge in [-0.1, -0.05) is 97.3 Å². The molecule has 0 rings (SSSR count). The van der Waals surface area contributed by atoms with E-state index in [2.05, 4.69) is 13.8 Å². The maximum atomic E-state index is 12.7. The van der Waals surface area contributed by atoms with Crippen molar-refractivity contribution in [3.63, 3.8) is 0 Å². The first kappa shape index (κ1) is 18.0. The number of halogens is 1. The molecule has 0 N–H and O–H groups in total. The van der Waals surface area contributed by atoms with Crippen molar-refractivity contribution in [2.75, 3.05) is 0 Å². The van der Waals surface area contributed by atoms with Crippen LogP contribution in [0.1, 0.15) is 97.3 Å². The topological polar surface area (TPSA) is 0 Å². The van der Waals surface area contributed by atoms with Gasteiger partial charge in [0.2, 0.25) is 0 Å². The van der Waals surface area contributed by atoms with Crippen LogP contribution in [-0.4, -0.2) is 7.56 Å². The highest BCUT2D eigenvalue weighted by Crippen LogP contribution is 2.23. The van der Waals surface area contributed by atoms with E-state index in [-0.39, 0.29) is 5.82 Å². The van der Waals surface area contributed by atoms with Gasteiger partial charge in [0.1, 0.15) is 0 Å². The molecule has 18 heavy (non-hydrogen) atoms. The van der Waals surface area contributed by atoms with Gasteiger partial charge in [0.05, 0.1) is 0 Å². The minimum atomic E-state index is 0.234. The number of hydrogen-bond acceptors (Lipinski definition) is 0. The quantitative estimate of drug-likeness (QED) is 0.246. The zero-order valence-electron chi connectivity index (χ0n) is 12.7. The van der Waals surface area contributed by atoms with Crippen molar-refractivity contribution in [3.8, 4) is 0 Å². The van der Waals surface area contributed by atoms with E-state index in [0.29, 0.717) is 0 Å². The molecular formula is C16H33BF. The van der Waals surface area contributed by atoms with Crippen molar-refractivity contribution in [3.05, 3.63) is 0 Å². The van der Waals surface area contributed by atoms with Crippen molar-refractivity contribution in [1.82, 2.24) is 0 Å². The van der Waals surface area contributed by atoms with Crippen molar-refractivity contribution < 1.29 is 4.32 Å². The lowest BCUT2D eigenvalue weighted by Crippen LogP contribution is -1.99. The maximum absolute atomic E-state index is 12.7. The molecule has 1 radical (unpaired) electrons. The predicted octanol–water partition coefficient (Wildman–Crippen LogP) is 6.47. The molecule has 0 saturated carbocycles. The van der Waals surface area contributed by atoms with E-state index in [9.17, 15) is 4.32 Å². The van der Waals surface area contributed by atoms with Crippen LogP contribution in [0, 0.1) is 0 Å². The summed E-state index contributed by atoms with van der Waals surface area (Å²) in [6, 6.07) is 0. The Labute approximate surface area is 115 Å². The first-order valence-electron chi connectivity index (χ1n) is 8.28. The Morgan fingerprint density at radius 1 is 0.667 bits per heavy atom. The highest BCUT2D eigenvalue weighted by atomic mass is 19.1. The van der Waals surface area contributed by atoms with Crippen LogP contribution in [0.15, 0.2) is 0 Å². The molecule has 0 nitrogen and oxygen atoms in total. The van der Waals surface area contributed by atoms with Gasteiger partial charge < -0.3 is 4.32 Å². The first-order chi connectivity index (χ1) is 8.85. The first-order valence-corrected chi connectivity index (χ1v) is 8.28. The predicted molar refractivity (Wildman–Crippen MR) is 82.0 cm³/mol. The molecule has 2 heteroatoms. The fraction of sp³-hybridized carbons (Fsp3) is 1.00. The van der Waals surface area contributed by atoms with Crippen LogP contribution >= 0.6 is 0 Å². The average molecular weight is 255 g/mol. The minimum Gasteiger partial charge on any atom is -0.342 e. The molecule has 0 aliphatic rings. The van der Waals surface area contributed by atoms with Gasteiger partial charge in [-0.2, -0.15) is 0 Å². The minimum absolute atomic E-state index is 0.234. The van der Waals surface area contributed by atoms with Gasteiger partial charge in [-0.15, -0.1) is 0 Å². The van der Waals surface area contributed by atoms with Gasteiger partial charge in [0.25, 0.3) is 0 Å². The van der Waals surface area contributed by atoms with Crippen LogP contribution in [0.3, 0.4) is 0 Å². The third-order valence-electron chi connectivity index (χ3n) is 3.79. The number of rotatable bonds is 14. The molecule has 107 valence electrons. The Bertz CT molecular complexity index is 150. The largest absolute Gasteiger partial charge is 0.357 e. The van der Waals surface area contributed by atoms with Crippen molar-refractivity contribution >= 4 is 7.56 Å². The fourth-order valence-corrected chi connectivity index (χ4v) is 2.47. The third kappa shape index (κ3) is 12.5. The van der Waals surface area contributed by atoms with Crippen LogP contribution in [0.5, 0.6) is 0 Å². The van der Waals surface area contributed by atoms with E-state index >= 15 is 0 Å². The number of unbranched alkanes of at least 4 members (excludes halogenated alkanes) is 9. The molecule has 0 heterocycles. The van der Waals surface area contributed by atoms with E-state index in [0.717, 1.165) is 20.4 Å². The lowest BCUT2D eigenvalue weighted by molar-refractivity contribution is 0.526. The molecule has 0 aromatic carbocycles. The van der Waals surface area contributed by atoms with Crippen molar-refractivity contribution in [2.24, 2.45) is 0 Å². The van der Waals surface area contributed by atoms with Crippen molar-refractivity contribution in [1.29, 1.82) is 0 Å². The molecule has 0 bridgehead atoms. The molecule has 0 fully saturated rings. The van der Waals surface area contributed by atoms with Gasteiger partial charge >= 0.3 is 7.56 Å². The molecular weight excluding hydrogens is 222 g/mol. The van der Waals surface area contributed by atoms with Gasteiger partial charge in [-0.25, -0.2) is 0 Å². The normalized spacial score (nSPS) is 12.6. The van der Waals surface area contributed by atoms with Gasteiger partial charge in [-0.05, 0) is 5.82 Å². The summed E-state index contributed by atoms with van der Waals surface area (Å²) in [5.74, 6) is 0.234. The Morgan fingerprint density at radius 2 is 1.06 bits per heavy atom. The third-order valence-corrected chi connectivity index (χ3v) is 3.79. The molecule has 0 saturated heterocycles. The summed E-state index contributed by atoms with van der Waals surface area (Å²) >= 11 is 0. The van der Waals surface area contributed by atoms with Crippen molar-refractivity contribution in [2.45, 2.75) is 103 Å². The van der Waals surface area contributed by atoms with Crippen LogP contribution in [-0.2, 0) is 0 Å². The summed E-state index contributed by atoms with van der Waals surface area (Å²) in [4.78, 5) is 0. The molecule has 1 unspecified atom stereocenters. The zero-order valence-corrected chi connectivity index (χ0v) is 12.7. The standard InChI is InChI=1S/C16H33BF/c1-3-5-7-9-11-13-15-16(17-18)14-12-10-8-6-4-2/h16H,3-15H2,1-2H3. The second-order valence-corrected chi connectivity index (χ2v) is 5.65. The second-order valence-electron chi connectivity index (χ2n) is 5.65. The van der Waals surface area contributed by atoms with E-state index in [1.165, 1.54) is 70.6 Å². The molecule has 0 aliphatic heterocycles.